The summed E-state index contributed by atoms with van der Waals surface area (Å²) in [4.78, 5) is 12.1. The number of amides is 1. The molecule has 0 unspecified atom stereocenters. The fourth-order valence-corrected chi connectivity index (χ4v) is 3.02. The maximum atomic E-state index is 13.8. The van der Waals surface area contributed by atoms with Crippen LogP contribution in [0.1, 0.15) is 23.7 Å². The zero-order valence-electron chi connectivity index (χ0n) is 13.9. The van der Waals surface area contributed by atoms with E-state index in [2.05, 4.69) is 10.5 Å². The largest absolute Gasteiger partial charge is 0.455 e. The maximum absolute atomic E-state index is 13.8. The Hall–Kier alpha value is -3.21. The smallest absolute Gasteiger partial charge is 0.243 e. The van der Waals surface area contributed by atoms with E-state index in [0.29, 0.717) is 17.1 Å². The molecule has 1 aliphatic carbocycles. The van der Waals surface area contributed by atoms with E-state index in [-0.39, 0.29) is 23.6 Å². The van der Waals surface area contributed by atoms with Crippen LogP contribution in [-0.4, -0.2) is 12.1 Å². The Morgan fingerprint density at radius 3 is 2.65 bits per heavy atom. The third-order valence-corrected chi connectivity index (χ3v) is 4.49. The van der Waals surface area contributed by atoms with Crippen LogP contribution in [0.2, 0.25) is 0 Å². The van der Waals surface area contributed by atoms with E-state index in [4.69, 9.17) is 4.42 Å². The van der Waals surface area contributed by atoms with Gasteiger partial charge in [0.05, 0.1) is 11.8 Å². The van der Waals surface area contributed by atoms with Gasteiger partial charge in [-0.1, -0.05) is 42.5 Å². The number of hydrogen-bond acceptors (Lipinski definition) is 3. The zero-order chi connectivity index (χ0) is 17.9. The van der Waals surface area contributed by atoms with Crippen molar-refractivity contribution in [1.82, 2.24) is 5.43 Å². The summed E-state index contributed by atoms with van der Waals surface area (Å²) >= 11 is 0. The highest BCUT2D eigenvalue weighted by atomic mass is 19.1. The first-order chi connectivity index (χ1) is 12.7. The van der Waals surface area contributed by atoms with Gasteiger partial charge in [-0.25, -0.2) is 9.82 Å². The molecule has 1 N–H and O–H groups in total. The van der Waals surface area contributed by atoms with Crippen molar-refractivity contribution in [2.75, 3.05) is 0 Å². The van der Waals surface area contributed by atoms with Crippen LogP contribution < -0.4 is 5.43 Å². The Balaban J connectivity index is 1.35. The molecule has 4 rings (SSSR count). The fourth-order valence-electron chi connectivity index (χ4n) is 3.02. The number of carbonyl (C=O) groups is 1. The second-order valence-corrected chi connectivity index (χ2v) is 6.28. The number of halogens is 1. The fraction of sp³-hybridized carbons (Fsp3) is 0.143. The van der Waals surface area contributed by atoms with Gasteiger partial charge in [-0.05, 0) is 42.2 Å². The minimum absolute atomic E-state index is 0.0415. The van der Waals surface area contributed by atoms with Gasteiger partial charge >= 0.3 is 0 Å². The number of rotatable bonds is 5. The van der Waals surface area contributed by atoms with E-state index in [1.165, 1.54) is 17.8 Å². The lowest BCUT2D eigenvalue weighted by Gasteiger charge is -1.99. The van der Waals surface area contributed by atoms with Crippen LogP contribution in [0.3, 0.4) is 0 Å². The summed E-state index contributed by atoms with van der Waals surface area (Å²) < 4.78 is 19.3. The molecule has 1 aliphatic rings. The Kier molecular flexibility index (Phi) is 4.35. The molecule has 0 spiro atoms. The first-order valence-electron chi connectivity index (χ1n) is 8.45. The number of furan rings is 1. The Morgan fingerprint density at radius 1 is 1.08 bits per heavy atom. The van der Waals surface area contributed by atoms with Crippen molar-refractivity contribution in [3.63, 3.8) is 0 Å². The van der Waals surface area contributed by atoms with Gasteiger partial charge in [-0.15, -0.1) is 0 Å². The minimum atomic E-state index is -0.348. The second kappa shape index (κ2) is 6.96. The minimum Gasteiger partial charge on any atom is -0.455 e. The summed E-state index contributed by atoms with van der Waals surface area (Å²) in [5.74, 6) is 0.638. The molecule has 0 bridgehead atoms. The number of hydrazone groups is 1. The maximum Gasteiger partial charge on any atom is 0.243 e. The zero-order valence-corrected chi connectivity index (χ0v) is 13.9. The molecule has 0 saturated heterocycles. The first-order valence-corrected chi connectivity index (χ1v) is 8.45. The highest BCUT2D eigenvalue weighted by Crippen LogP contribution is 2.47. The van der Waals surface area contributed by atoms with Crippen molar-refractivity contribution in [2.24, 2.45) is 11.0 Å². The van der Waals surface area contributed by atoms with Crippen LogP contribution in [-0.2, 0) is 4.79 Å². The molecule has 0 aliphatic heterocycles. The van der Waals surface area contributed by atoms with Crippen LogP contribution in [0.25, 0.3) is 11.3 Å². The molecule has 2 atom stereocenters. The molecule has 26 heavy (non-hydrogen) atoms. The Bertz CT molecular complexity index is 949. The molecule has 1 saturated carbocycles. The molecule has 1 fully saturated rings. The van der Waals surface area contributed by atoms with E-state index >= 15 is 0 Å². The van der Waals surface area contributed by atoms with Crippen LogP contribution in [0.5, 0.6) is 0 Å². The van der Waals surface area contributed by atoms with Crippen LogP contribution in [0.15, 0.2) is 76.2 Å². The second-order valence-electron chi connectivity index (χ2n) is 6.28. The summed E-state index contributed by atoms with van der Waals surface area (Å²) in [5.41, 5.74) is 4.12. The molecule has 1 aromatic heterocycles. The summed E-state index contributed by atoms with van der Waals surface area (Å²) in [7, 11) is 0. The van der Waals surface area contributed by atoms with Gasteiger partial charge in [0.25, 0.3) is 0 Å². The van der Waals surface area contributed by atoms with Gasteiger partial charge in [0.1, 0.15) is 17.3 Å². The molecule has 4 nitrogen and oxygen atoms in total. The summed E-state index contributed by atoms with van der Waals surface area (Å²) in [5, 5.41) is 3.95. The van der Waals surface area contributed by atoms with Crippen LogP contribution in [0, 0.1) is 11.7 Å². The highest BCUT2D eigenvalue weighted by Gasteiger charge is 2.43. The van der Waals surface area contributed by atoms with E-state index in [1.807, 2.05) is 30.3 Å². The predicted octanol–water partition coefficient (Wildman–Crippen LogP) is 4.34. The third kappa shape index (κ3) is 3.42. The summed E-state index contributed by atoms with van der Waals surface area (Å²) in [6.07, 6.45) is 2.26. The third-order valence-electron chi connectivity index (χ3n) is 4.49. The standard InChI is InChI=1S/C21H17FN2O2/c22-19-9-5-4-8-16(19)20-11-10-15(26-20)13-23-24-21(25)18-12-17(18)14-6-2-1-3-7-14/h1-11,13,17-18H,12H2,(H,24,25)/b23-13-/t17-,18+/m1/s1. The normalized spacial score (nSPS) is 18.8. The molecule has 5 heteroatoms. The Labute approximate surface area is 150 Å². The number of benzene rings is 2. The van der Waals surface area contributed by atoms with E-state index < -0.39 is 0 Å². The molecule has 130 valence electrons. The van der Waals surface area contributed by atoms with Gasteiger partial charge in [0.2, 0.25) is 5.91 Å². The monoisotopic (exact) mass is 348 g/mol. The number of hydrogen-bond donors (Lipinski definition) is 1. The molecular weight excluding hydrogens is 331 g/mol. The lowest BCUT2D eigenvalue weighted by Crippen LogP contribution is -2.20. The van der Waals surface area contributed by atoms with Crippen molar-refractivity contribution in [2.45, 2.75) is 12.3 Å². The van der Waals surface area contributed by atoms with Crippen molar-refractivity contribution in [3.8, 4) is 11.3 Å². The quantitative estimate of drug-likeness (QED) is 0.551. The van der Waals surface area contributed by atoms with Gasteiger partial charge in [-0.2, -0.15) is 5.10 Å². The average Bonchev–Trinajstić information content (AvgIpc) is 3.35. The lowest BCUT2D eigenvalue weighted by molar-refractivity contribution is -0.122. The number of nitrogens with zero attached hydrogens (tertiary/aromatic N) is 1. The van der Waals surface area contributed by atoms with Crippen LogP contribution in [0.4, 0.5) is 4.39 Å². The van der Waals surface area contributed by atoms with Crippen molar-refractivity contribution < 1.29 is 13.6 Å². The lowest BCUT2D eigenvalue weighted by atomic mass is 10.1. The first kappa shape index (κ1) is 16.3. The van der Waals surface area contributed by atoms with Gasteiger partial charge in [0.15, 0.2) is 0 Å². The summed E-state index contributed by atoms with van der Waals surface area (Å²) in [6.45, 7) is 0. The molecule has 3 aromatic rings. The topological polar surface area (TPSA) is 54.6 Å². The average molecular weight is 348 g/mol. The summed E-state index contributed by atoms with van der Waals surface area (Å²) in [6, 6.07) is 19.7. The molecule has 0 radical (unpaired) electrons. The number of carbonyl (C=O) groups excluding carboxylic acids is 1. The van der Waals surface area contributed by atoms with Crippen molar-refractivity contribution in [3.05, 3.63) is 83.9 Å². The van der Waals surface area contributed by atoms with E-state index in [9.17, 15) is 9.18 Å². The molecular formula is C21H17FN2O2. The molecule has 1 amide bonds. The SMILES string of the molecule is O=C(N/N=C\c1ccc(-c2ccccc2F)o1)[C@H]1C[C@@H]1c1ccccc1. The van der Waals surface area contributed by atoms with Crippen LogP contribution >= 0.6 is 0 Å². The van der Waals surface area contributed by atoms with Gasteiger partial charge in [-0.3, -0.25) is 4.79 Å². The van der Waals surface area contributed by atoms with Gasteiger partial charge < -0.3 is 4.42 Å². The van der Waals surface area contributed by atoms with Crippen molar-refractivity contribution >= 4 is 12.1 Å². The Morgan fingerprint density at radius 2 is 1.85 bits per heavy atom. The predicted molar refractivity (Wildman–Crippen MR) is 97.1 cm³/mol. The molecule has 1 heterocycles. The van der Waals surface area contributed by atoms with Crippen molar-refractivity contribution in [1.29, 1.82) is 0 Å². The highest BCUT2D eigenvalue weighted by molar-refractivity contribution is 5.85. The van der Waals surface area contributed by atoms with Gasteiger partial charge in [0, 0.05) is 5.92 Å². The van der Waals surface area contributed by atoms with E-state index in [1.54, 1.807) is 30.3 Å². The van der Waals surface area contributed by atoms with E-state index in [0.717, 1.165) is 6.42 Å². The number of nitrogens with one attached hydrogen (secondary N) is 1. The molecule has 2 aromatic carbocycles.